The Labute approximate surface area is 159 Å². The third-order valence-electron chi connectivity index (χ3n) is 3.80. The van der Waals surface area contributed by atoms with Crippen LogP contribution < -0.4 is 14.9 Å². The van der Waals surface area contributed by atoms with E-state index in [1.54, 1.807) is 13.8 Å². The van der Waals surface area contributed by atoms with E-state index in [0.29, 0.717) is 6.54 Å². The molecule has 0 spiro atoms. The summed E-state index contributed by atoms with van der Waals surface area (Å²) in [5, 5.41) is 14.4. The van der Waals surface area contributed by atoms with Crippen molar-refractivity contribution in [3.8, 4) is 0 Å². The van der Waals surface area contributed by atoms with Crippen molar-refractivity contribution in [3.05, 3.63) is 58.1 Å². The molecule has 27 heavy (non-hydrogen) atoms. The van der Waals surface area contributed by atoms with Gasteiger partial charge in [-0.1, -0.05) is 12.1 Å². The summed E-state index contributed by atoms with van der Waals surface area (Å²) in [5.74, 6) is 0. The lowest BCUT2D eigenvalue weighted by Gasteiger charge is -2.14. The van der Waals surface area contributed by atoms with Crippen LogP contribution in [0.4, 0.5) is 17.1 Å². The second-order valence-electron chi connectivity index (χ2n) is 6.63. The van der Waals surface area contributed by atoms with E-state index in [4.69, 9.17) is 0 Å². The molecule has 9 heteroatoms. The number of hydrogen-bond acceptors (Lipinski definition) is 6. The Kier molecular flexibility index (Phi) is 6.40. The molecule has 0 heterocycles. The summed E-state index contributed by atoms with van der Waals surface area (Å²) in [6.07, 6.45) is 0. The maximum absolute atomic E-state index is 12.2. The van der Waals surface area contributed by atoms with Crippen molar-refractivity contribution in [1.82, 2.24) is 4.72 Å². The average Bonchev–Trinajstić information content (AvgIpc) is 2.58. The van der Waals surface area contributed by atoms with E-state index in [9.17, 15) is 18.5 Å². The maximum atomic E-state index is 12.2. The van der Waals surface area contributed by atoms with E-state index < -0.39 is 14.9 Å². The molecule has 0 saturated heterocycles. The van der Waals surface area contributed by atoms with Crippen molar-refractivity contribution in [2.24, 2.45) is 0 Å². The fourth-order valence-electron chi connectivity index (χ4n) is 2.47. The van der Waals surface area contributed by atoms with Crippen LogP contribution in [0.15, 0.2) is 47.4 Å². The first-order valence-corrected chi connectivity index (χ1v) is 9.89. The summed E-state index contributed by atoms with van der Waals surface area (Å²) in [6.45, 7) is 3.75. The normalized spacial score (nSPS) is 11.4. The monoisotopic (exact) mass is 392 g/mol. The topological polar surface area (TPSA) is 105 Å². The molecule has 0 atom stereocenters. The predicted octanol–water partition coefficient (Wildman–Crippen LogP) is 2.96. The molecule has 0 bridgehead atoms. The summed E-state index contributed by atoms with van der Waals surface area (Å²) < 4.78 is 26.9. The highest BCUT2D eigenvalue weighted by molar-refractivity contribution is 7.89. The molecule has 2 aromatic carbocycles. The first-order chi connectivity index (χ1) is 12.6. The van der Waals surface area contributed by atoms with Gasteiger partial charge in [0.1, 0.15) is 5.69 Å². The molecule has 8 nitrogen and oxygen atoms in total. The molecular formula is C18H24N4O4S. The number of rotatable bonds is 8. The highest BCUT2D eigenvalue weighted by atomic mass is 32.2. The standard InChI is InChI=1S/C18H24N4O4S/c1-13(2)20-27(25,26)16-9-10-17(18(11-16)22(23)24)19-12-14-5-7-15(8-6-14)21(3)4/h5-11,13,19-20H,12H2,1-4H3. The number of sulfonamides is 1. The SMILES string of the molecule is CC(C)NS(=O)(=O)c1ccc(NCc2ccc(N(C)C)cc2)c([N+](=O)[O-])c1. The van der Waals surface area contributed by atoms with Crippen LogP contribution in [-0.4, -0.2) is 33.5 Å². The van der Waals surface area contributed by atoms with Crippen LogP contribution in [0.25, 0.3) is 0 Å². The van der Waals surface area contributed by atoms with Crippen LogP contribution in [0.5, 0.6) is 0 Å². The third-order valence-corrected chi connectivity index (χ3v) is 5.46. The van der Waals surface area contributed by atoms with Crippen LogP contribution in [0.2, 0.25) is 0 Å². The number of anilines is 2. The number of nitro groups is 1. The number of nitrogens with one attached hydrogen (secondary N) is 2. The quantitative estimate of drug-likeness (QED) is 0.529. The van der Waals surface area contributed by atoms with Gasteiger partial charge in [-0.2, -0.15) is 0 Å². The van der Waals surface area contributed by atoms with E-state index in [0.717, 1.165) is 17.3 Å². The van der Waals surface area contributed by atoms with Crippen LogP contribution in [0, 0.1) is 10.1 Å². The second kappa shape index (κ2) is 8.36. The molecule has 0 aliphatic rings. The van der Waals surface area contributed by atoms with Gasteiger partial charge in [0.2, 0.25) is 10.0 Å². The fourth-order valence-corrected chi connectivity index (χ4v) is 3.74. The first kappa shape index (κ1) is 20.7. The molecule has 2 aromatic rings. The van der Waals surface area contributed by atoms with E-state index in [2.05, 4.69) is 10.0 Å². The lowest BCUT2D eigenvalue weighted by atomic mass is 10.2. The predicted molar refractivity (Wildman–Crippen MR) is 107 cm³/mol. The number of hydrogen-bond donors (Lipinski definition) is 2. The lowest BCUT2D eigenvalue weighted by molar-refractivity contribution is -0.384. The molecule has 2 rings (SSSR count). The molecule has 0 aromatic heterocycles. The van der Waals surface area contributed by atoms with Crippen molar-refractivity contribution >= 4 is 27.1 Å². The Morgan fingerprint density at radius 3 is 2.26 bits per heavy atom. The molecule has 0 aliphatic heterocycles. The van der Waals surface area contributed by atoms with Gasteiger partial charge in [0.25, 0.3) is 5.69 Å². The van der Waals surface area contributed by atoms with E-state index in [1.807, 2.05) is 43.3 Å². The smallest absolute Gasteiger partial charge is 0.293 e. The number of benzene rings is 2. The Morgan fingerprint density at radius 1 is 1.11 bits per heavy atom. The summed E-state index contributed by atoms with van der Waals surface area (Å²) in [4.78, 5) is 12.7. The zero-order valence-corrected chi connectivity index (χ0v) is 16.6. The van der Waals surface area contributed by atoms with Crippen LogP contribution in [0.3, 0.4) is 0 Å². The minimum atomic E-state index is -3.80. The van der Waals surface area contributed by atoms with Gasteiger partial charge in [-0.3, -0.25) is 10.1 Å². The van der Waals surface area contributed by atoms with Gasteiger partial charge in [-0.05, 0) is 43.7 Å². The van der Waals surface area contributed by atoms with Crippen molar-refractivity contribution in [2.45, 2.75) is 31.3 Å². The minimum absolute atomic E-state index is 0.135. The first-order valence-electron chi connectivity index (χ1n) is 8.41. The van der Waals surface area contributed by atoms with Crippen molar-refractivity contribution in [2.75, 3.05) is 24.3 Å². The van der Waals surface area contributed by atoms with Gasteiger partial charge in [0.15, 0.2) is 0 Å². The van der Waals surface area contributed by atoms with Crippen LogP contribution in [-0.2, 0) is 16.6 Å². The summed E-state index contributed by atoms with van der Waals surface area (Å²) in [6, 6.07) is 11.3. The fraction of sp³-hybridized carbons (Fsp3) is 0.333. The molecule has 0 unspecified atom stereocenters. The largest absolute Gasteiger partial charge is 0.378 e. The average molecular weight is 392 g/mol. The number of nitrogens with zero attached hydrogens (tertiary/aromatic N) is 2. The van der Waals surface area contributed by atoms with Crippen molar-refractivity contribution < 1.29 is 13.3 Å². The Balaban J connectivity index is 2.23. The Morgan fingerprint density at radius 2 is 1.74 bits per heavy atom. The molecule has 0 fully saturated rings. The molecule has 0 amide bonds. The van der Waals surface area contributed by atoms with Gasteiger partial charge < -0.3 is 10.2 Å². The minimum Gasteiger partial charge on any atom is -0.378 e. The molecule has 146 valence electrons. The van der Waals surface area contributed by atoms with E-state index >= 15 is 0 Å². The van der Waals surface area contributed by atoms with Gasteiger partial charge in [0, 0.05) is 38.4 Å². The molecular weight excluding hydrogens is 368 g/mol. The molecule has 0 aliphatic carbocycles. The lowest BCUT2D eigenvalue weighted by Crippen LogP contribution is -2.30. The maximum Gasteiger partial charge on any atom is 0.293 e. The highest BCUT2D eigenvalue weighted by Crippen LogP contribution is 2.28. The van der Waals surface area contributed by atoms with E-state index in [1.165, 1.54) is 12.1 Å². The molecule has 0 saturated carbocycles. The highest BCUT2D eigenvalue weighted by Gasteiger charge is 2.22. The number of nitro benzene ring substituents is 1. The van der Waals surface area contributed by atoms with Gasteiger partial charge in [-0.25, -0.2) is 13.1 Å². The molecule has 0 radical (unpaired) electrons. The van der Waals surface area contributed by atoms with E-state index in [-0.39, 0.29) is 22.3 Å². The Hall–Kier alpha value is -2.65. The van der Waals surface area contributed by atoms with Crippen LogP contribution >= 0.6 is 0 Å². The zero-order valence-electron chi connectivity index (χ0n) is 15.8. The molecule has 2 N–H and O–H groups in total. The van der Waals surface area contributed by atoms with Gasteiger partial charge >= 0.3 is 0 Å². The third kappa shape index (κ3) is 5.41. The van der Waals surface area contributed by atoms with Gasteiger partial charge in [-0.15, -0.1) is 0 Å². The Bertz CT molecular complexity index is 909. The van der Waals surface area contributed by atoms with Crippen molar-refractivity contribution in [3.63, 3.8) is 0 Å². The van der Waals surface area contributed by atoms with Crippen LogP contribution in [0.1, 0.15) is 19.4 Å². The zero-order chi connectivity index (χ0) is 20.2. The summed E-state index contributed by atoms with van der Waals surface area (Å²) in [7, 11) is 0.0904. The van der Waals surface area contributed by atoms with Gasteiger partial charge in [0.05, 0.1) is 9.82 Å². The van der Waals surface area contributed by atoms with Crippen molar-refractivity contribution in [1.29, 1.82) is 0 Å². The second-order valence-corrected chi connectivity index (χ2v) is 8.34. The summed E-state index contributed by atoms with van der Waals surface area (Å²) in [5.41, 5.74) is 1.98. The summed E-state index contributed by atoms with van der Waals surface area (Å²) >= 11 is 0.